The summed E-state index contributed by atoms with van der Waals surface area (Å²) >= 11 is 0. The van der Waals surface area contributed by atoms with Gasteiger partial charge in [0.25, 0.3) is 5.91 Å². The van der Waals surface area contributed by atoms with Crippen molar-refractivity contribution in [1.82, 2.24) is 0 Å². The molecule has 0 saturated carbocycles. The van der Waals surface area contributed by atoms with Gasteiger partial charge < -0.3 is 15.5 Å². The number of phenolic OH excluding ortho intramolecular Hbond substituents is 1. The number of carboxylic acids is 1. The number of amides is 1. The molecule has 0 atom stereocenters. The van der Waals surface area contributed by atoms with Gasteiger partial charge in [-0.3, -0.25) is 9.59 Å². The van der Waals surface area contributed by atoms with Gasteiger partial charge in [-0.25, -0.2) is 0 Å². The molecule has 2 rings (SSSR count). The average molecular weight is 383 g/mol. The van der Waals surface area contributed by atoms with E-state index in [2.05, 4.69) is 5.32 Å². The first-order valence-corrected chi connectivity index (χ1v) is 9.29. The molecule has 5 heteroatoms. The molecule has 0 fully saturated rings. The molecule has 0 aliphatic carbocycles. The minimum absolute atomic E-state index is 0.0595. The first-order chi connectivity index (χ1) is 12.8. The highest BCUT2D eigenvalue weighted by Crippen LogP contribution is 2.39. The lowest BCUT2D eigenvalue weighted by atomic mass is 9.78. The Bertz CT molecular complexity index is 849. The number of hydrogen-bond acceptors (Lipinski definition) is 3. The number of aromatic hydroxyl groups is 1. The van der Waals surface area contributed by atoms with Crippen molar-refractivity contribution in [2.45, 2.75) is 58.8 Å². The topological polar surface area (TPSA) is 86.6 Å². The van der Waals surface area contributed by atoms with Crippen LogP contribution in [0.15, 0.2) is 36.4 Å². The van der Waals surface area contributed by atoms with Crippen LogP contribution in [0.2, 0.25) is 0 Å². The summed E-state index contributed by atoms with van der Waals surface area (Å²) in [6.45, 7) is 12.0. The van der Waals surface area contributed by atoms with Gasteiger partial charge in [0.05, 0.1) is 6.42 Å². The van der Waals surface area contributed by atoms with Gasteiger partial charge >= 0.3 is 5.97 Å². The third-order valence-corrected chi connectivity index (χ3v) is 4.56. The van der Waals surface area contributed by atoms with Gasteiger partial charge in [-0.1, -0.05) is 53.7 Å². The Balaban J connectivity index is 2.38. The molecule has 2 aromatic rings. The van der Waals surface area contributed by atoms with E-state index in [1.54, 1.807) is 36.4 Å². The van der Waals surface area contributed by atoms with Crippen molar-refractivity contribution in [3.8, 4) is 5.75 Å². The summed E-state index contributed by atoms with van der Waals surface area (Å²) in [4.78, 5) is 23.6. The molecular weight excluding hydrogens is 354 g/mol. The third kappa shape index (κ3) is 5.12. The zero-order valence-corrected chi connectivity index (χ0v) is 17.4. The van der Waals surface area contributed by atoms with Crippen LogP contribution in [0.3, 0.4) is 0 Å². The third-order valence-electron chi connectivity index (χ3n) is 4.56. The zero-order valence-electron chi connectivity index (χ0n) is 17.4. The molecule has 0 heterocycles. The fraction of sp³-hybridized carbons (Fsp3) is 0.391. The molecule has 0 unspecified atom stereocenters. The number of carboxylic acid groups (broad SMARTS) is 1. The average Bonchev–Trinajstić information content (AvgIpc) is 2.54. The second-order valence-corrected chi connectivity index (χ2v) is 9.14. The second-order valence-electron chi connectivity index (χ2n) is 9.14. The number of rotatable bonds is 4. The van der Waals surface area contributed by atoms with Crippen LogP contribution >= 0.6 is 0 Å². The highest BCUT2D eigenvalue weighted by Gasteiger charge is 2.27. The Morgan fingerprint density at radius 3 is 1.75 bits per heavy atom. The van der Waals surface area contributed by atoms with E-state index in [1.165, 1.54) is 0 Å². The van der Waals surface area contributed by atoms with E-state index in [1.807, 2.05) is 41.5 Å². The number of phenols is 1. The molecule has 0 radical (unpaired) electrons. The van der Waals surface area contributed by atoms with E-state index in [4.69, 9.17) is 5.11 Å². The Morgan fingerprint density at radius 2 is 1.36 bits per heavy atom. The van der Waals surface area contributed by atoms with Crippen molar-refractivity contribution in [3.05, 3.63) is 58.7 Å². The lowest BCUT2D eigenvalue weighted by Crippen LogP contribution is -2.20. The van der Waals surface area contributed by atoms with Gasteiger partial charge in [0, 0.05) is 22.4 Å². The number of benzene rings is 2. The van der Waals surface area contributed by atoms with Crippen molar-refractivity contribution in [1.29, 1.82) is 0 Å². The molecule has 28 heavy (non-hydrogen) atoms. The number of hydrogen-bond donors (Lipinski definition) is 3. The number of anilines is 1. The summed E-state index contributed by atoms with van der Waals surface area (Å²) in [5.41, 5.74) is 2.53. The molecule has 2 aromatic carbocycles. The maximum atomic E-state index is 12.9. The molecule has 150 valence electrons. The maximum Gasteiger partial charge on any atom is 0.307 e. The Morgan fingerprint density at radius 1 is 0.893 bits per heavy atom. The number of carbonyl (C=O) groups excluding carboxylic acids is 1. The molecule has 0 aliphatic rings. The van der Waals surface area contributed by atoms with Gasteiger partial charge in [0.15, 0.2) is 0 Å². The summed E-state index contributed by atoms with van der Waals surface area (Å²) in [6, 6.07) is 10.2. The summed E-state index contributed by atoms with van der Waals surface area (Å²) < 4.78 is 0. The van der Waals surface area contributed by atoms with Crippen LogP contribution in [0, 0.1) is 0 Å². The Hall–Kier alpha value is -2.82. The van der Waals surface area contributed by atoms with E-state index in [-0.39, 0.29) is 28.9 Å². The molecule has 5 nitrogen and oxygen atoms in total. The van der Waals surface area contributed by atoms with Crippen molar-refractivity contribution in [2.24, 2.45) is 0 Å². The van der Waals surface area contributed by atoms with Gasteiger partial charge in [-0.05, 0) is 40.7 Å². The quantitative estimate of drug-likeness (QED) is 0.703. The predicted octanol–water partition coefficient (Wildman–Crippen LogP) is 4.87. The molecule has 0 aromatic heterocycles. The van der Waals surface area contributed by atoms with Crippen LogP contribution in [0.5, 0.6) is 5.75 Å². The van der Waals surface area contributed by atoms with Crippen LogP contribution in [-0.2, 0) is 22.0 Å². The molecule has 0 bridgehead atoms. The first kappa shape index (κ1) is 21.5. The van der Waals surface area contributed by atoms with Crippen LogP contribution < -0.4 is 5.32 Å². The molecule has 0 aliphatic heterocycles. The van der Waals surface area contributed by atoms with Crippen LogP contribution in [0.4, 0.5) is 5.69 Å². The highest BCUT2D eigenvalue weighted by molar-refractivity contribution is 6.04. The highest BCUT2D eigenvalue weighted by atomic mass is 16.4. The lowest BCUT2D eigenvalue weighted by molar-refractivity contribution is -0.136. The lowest BCUT2D eigenvalue weighted by Gasteiger charge is -2.28. The zero-order chi connectivity index (χ0) is 21.3. The minimum atomic E-state index is -0.898. The fourth-order valence-electron chi connectivity index (χ4n) is 2.99. The molecule has 1 amide bonds. The summed E-state index contributed by atoms with van der Waals surface area (Å²) in [6.07, 6.45) is -0.0595. The molecule has 0 saturated heterocycles. The van der Waals surface area contributed by atoms with Crippen molar-refractivity contribution in [3.63, 3.8) is 0 Å². The van der Waals surface area contributed by atoms with Crippen molar-refractivity contribution in [2.75, 3.05) is 5.32 Å². The van der Waals surface area contributed by atoms with Crippen molar-refractivity contribution < 1.29 is 19.8 Å². The van der Waals surface area contributed by atoms with E-state index in [9.17, 15) is 14.7 Å². The van der Waals surface area contributed by atoms with E-state index in [0.29, 0.717) is 16.8 Å². The maximum absolute atomic E-state index is 12.9. The Kier molecular flexibility index (Phi) is 5.88. The largest absolute Gasteiger partial charge is 0.507 e. The van der Waals surface area contributed by atoms with Gasteiger partial charge in [0.1, 0.15) is 5.75 Å². The fourth-order valence-corrected chi connectivity index (χ4v) is 2.99. The summed E-state index contributed by atoms with van der Waals surface area (Å²) in [7, 11) is 0. The normalized spacial score (nSPS) is 11.9. The second kappa shape index (κ2) is 7.66. The van der Waals surface area contributed by atoms with E-state index in [0.717, 1.165) is 11.1 Å². The molecule has 0 spiro atoms. The van der Waals surface area contributed by atoms with Crippen LogP contribution in [-0.4, -0.2) is 22.1 Å². The molecule has 3 N–H and O–H groups in total. The monoisotopic (exact) mass is 383 g/mol. The standard InChI is InChI=1S/C23H29NO4/c1-22(2,3)17-12-15(13-18(20(17)27)23(4,5)6)21(28)24-16-9-7-14(8-10-16)11-19(25)26/h7-10,12-13,27H,11H2,1-6H3,(H,24,28)(H,25,26). The van der Waals surface area contributed by atoms with Gasteiger partial charge in [-0.2, -0.15) is 0 Å². The predicted molar refractivity (Wildman–Crippen MR) is 111 cm³/mol. The Labute approximate surface area is 166 Å². The van der Waals surface area contributed by atoms with Gasteiger partial charge in [-0.15, -0.1) is 0 Å². The smallest absolute Gasteiger partial charge is 0.307 e. The van der Waals surface area contributed by atoms with Gasteiger partial charge in [0.2, 0.25) is 0 Å². The summed E-state index contributed by atoms with van der Waals surface area (Å²) in [5, 5.41) is 22.5. The SMILES string of the molecule is CC(C)(C)c1cc(C(=O)Nc2ccc(CC(=O)O)cc2)cc(C(C)(C)C)c1O. The number of aliphatic carboxylic acids is 1. The number of carbonyl (C=O) groups is 2. The summed E-state index contributed by atoms with van der Waals surface area (Å²) in [5.74, 6) is -0.943. The number of nitrogens with one attached hydrogen (secondary N) is 1. The van der Waals surface area contributed by atoms with E-state index < -0.39 is 5.97 Å². The van der Waals surface area contributed by atoms with Crippen molar-refractivity contribution >= 4 is 17.6 Å². The molecular formula is C23H29NO4. The first-order valence-electron chi connectivity index (χ1n) is 9.29. The van der Waals surface area contributed by atoms with E-state index >= 15 is 0 Å². The van der Waals surface area contributed by atoms with Crippen LogP contribution in [0.25, 0.3) is 0 Å². The van der Waals surface area contributed by atoms with Crippen LogP contribution in [0.1, 0.15) is 68.6 Å². The minimum Gasteiger partial charge on any atom is -0.507 e.